The SMILES string of the molecule is CCCN1C[C@@H](C)N(c2cnc(-c3[nH]nc(-c4cc(OC)c5ncnn5c4)c3CC(F)(F)F)s2)C[C@@H]1C. The Labute approximate surface area is 216 Å². The number of alkyl halides is 3. The third-order valence-electron chi connectivity index (χ3n) is 6.70. The normalized spacial score (nSPS) is 19.2. The quantitative estimate of drug-likeness (QED) is 0.369. The summed E-state index contributed by atoms with van der Waals surface area (Å²) in [5, 5.41) is 12.7. The molecule has 1 aliphatic rings. The first kappa shape index (κ1) is 25.5. The largest absolute Gasteiger partial charge is 0.493 e. The Morgan fingerprint density at radius 2 is 2.00 bits per heavy atom. The summed E-state index contributed by atoms with van der Waals surface area (Å²) in [4.78, 5) is 13.4. The lowest BCUT2D eigenvalue weighted by Crippen LogP contribution is -2.56. The molecule has 0 bridgehead atoms. The Morgan fingerprint density at radius 1 is 1.19 bits per heavy atom. The van der Waals surface area contributed by atoms with E-state index in [2.05, 4.69) is 55.8 Å². The number of H-pyrrole nitrogens is 1. The molecule has 198 valence electrons. The van der Waals surface area contributed by atoms with Crippen molar-refractivity contribution in [1.82, 2.24) is 34.7 Å². The average Bonchev–Trinajstić information content (AvgIpc) is 3.59. The zero-order valence-corrected chi connectivity index (χ0v) is 21.9. The van der Waals surface area contributed by atoms with Crippen LogP contribution in [0.3, 0.4) is 0 Å². The summed E-state index contributed by atoms with van der Waals surface area (Å²) in [5.74, 6) is 0.388. The van der Waals surface area contributed by atoms with Gasteiger partial charge in [-0.25, -0.2) is 14.5 Å². The van der Waals surface area contributed by atoms with Crippen LogP contribution in [-0.2, 0) is 6.42 Å². The number of hydrogen-bond donors (Lipinski definition) is 1. The highest BCUT2D eigenvalue weighted by molar-refractivity contribution is 7.18. The molecule has 0 unspecified atom stereocenters. The Balaban J connectivity index is 1.52. The molecule has 13 heteroatoms. The molecule has 4 aromatic rings. The van der Waals surface area contributed by atoms with Gasteiger partial charge in [-0.2, -0.15) is 23.4 Å². The Morgan fingerprint density at radius 3 is 2.73 bits per heavy atom. The summed E-state index contributed by atoms with van der Waals surface area (Å²) in [6.07, 6.45) is 0.215. The van der Waals surface area contributed by atoms with Crippen molar-refractivity contribution in [3.05, 3.63) is 30.4 Å². The topological polar surface area (TPSA) is 87.5 Å². The number of thiazole rings is 1. The van der Waals surface area contributed by atoms with Crippen molar-refractivity contribution in [3.63, 3.8) is 0 Å². The van der Waals surface area contributed by atoms with E-state index < -0.39 is 12.6 Å². The van der Waals surface area contributed by atoms with E-state index in [0.717, 1.165) is 31.1 Å². The number of pyridine rings is 1. The van der Waals surface area contributed by atoms with Gasteiger partial charge in [0.25, 0.3) is 0 Å². The molecule has 0 spiro atoms. The molecule has 9 nitrogen and oxygen atoms in total. The van der Waals surface area contributed by atoms with Crippen molar-refractivity contribution in [2.24, 2.45) is 0 Å². The molecule has 0 aromatic carbocycles. The maximum Gasteiger partial charge on any atom is 0.393 e. The summed E-state index contributed by atoms with van der Waals surface area (Å²) >= 11 is 1.38. The van der Waals surface area contributed by atoms with Gasteiger partial charge in [0.05, 0.1) is 31.1 Å². The summed E-state index contributed by atoms with van der Waals surface area (Å²) < 4.78 is 48.0. The van der Waals surface area contributed by atoms with Gasteiger partial charge in [0.15, 0.2) is 11.4 Å². The molecule has 1 saturated heterocycles. The van der Waals surface area contributed by atoms with Gasteiger partial charge in [-0.05, 0) is 32.9 Å². The van der Waals surface area contributed by atoms with Gasteiger partial charge in [-0.15, -0.1) is 0 Å². The number of aromatic amines is 1. The third-order valence-corrected chi connectivity index (χ3v) is 7.75. The van der Waals surface area contributed by atoms with E-state index in [0.29, 0.717) is 28.0 Å². The zero-order valence-electron chi connectivity index (χ0n) is 21.1. The maximum absolute atomic E-state index is 13.7. The smallest absolute Gasteiger partial charge is 0.393 e. The van der Waals surface area contributed by atoms with Crippen LogP contribution in [-0.4, -0.2) is 79.7 Å². The lowest BCUT2D eigenvalue weighted by molar-refractivity contribution is -0.127. The summed E-state index contributed by atoms with van der Waals surface area (Å²) in [5.41, 5.74) is 1.37. The molecule has 5 heterocycles. The first-order valence-corrected chi connectivity index (χ1v) is 13.0. The summed E-state index contributed by atoms with van der Waals surface area (Å²) in [6.45, 7) is 9.38. The number of halogens is 3. The first-order valence-electron chi connectivity index (χ1n) is 12.2. The van der Waals surface area contributed by atoms with Crippen molar-refractivity contribution in [2.45, 2.75) is 51.9 Å². The van der Waals surface area contributed by atoms with Crippen LogP contribution in [0.2, 0.25) is 0 Å². The van der Waals surface area contributed by atoms with Gasteiger partial charge in [-0.1, -0.05) is 18.3 Å². The van der Waals surface area contributed by atoms with Crippen molar-refractivity contribution >= 4 is 22.0 Å². The number of anilines is 1. The van der Waals surface area contributed by atoms with Gasteiger partial charge >= 0.3 is 6.18 Å². The highest BCUT2D eigenvalue weighted by Crippen LogP contribution is 2.40. The van der Waals surface area contributed by atoms with E-state index in [-0.39, 0.29) is 23.0 Å². The predicted molar refractivity (Wildman–Crippen MR) is 136 cm³/mol. The van der Waals surface area contributed by atoms with Crippen LogP contribution in [0.1, 0.15) is 32.8 Å². The van der Waals surface area contributed by atoms with Gasteiger partial charge in [0.1, 0.15) is 16.3 Å². The molecule has 1 aliphatic heterocycles. The summed E-state index contributed by atoms with van der Waals surface area (Å²) in [7, 11) is 1.47. The van der Waals surface area contributed by atoms with Crippen molar-refractivity contribution < 1.29 is 17.9 Å². The minimum Gasteiger partial charge on any atom is -0.493 e. The van der Waals surface area contributed by atoms with Gasteiger partial charge in [0, 0.05) is 42.5 Å². The molecule has 1 N–H and O–H groups in total. The van der Waals surface area contributed by atoms with Crippen LogP contribution in [0.5, 0.6) is 5.75 Å². The van der Waals surface area contributed by atoms with E-state index in [9.17, 15) is 13.2 Å². The number of rotatable bonds is 7. The number of aromatic nitrogens is 6. The van der Waals surface area contributed by atoms with Crippen molar-refractivity contribution in [2.75, 3.05) is 31.6 Å². The second-order valence-electron chi connectivity index (χ2n) is 9.39. The molecule has 0 amide bonds. The number of methoxy groups -OCH3 is 1. The minimum absolute atomic E-state index is 0.0316. The number of ether oxygens (including phenoxy) is 1. The van der Waals surface area contributed by atoms with E-state index in [1.165, 1.54) is 29.3 Å². The lowest BCUT2D eigenvalue weighted by Gasteiger charge is -2.44. The van der Waals surface area contributed by atoms with Gasteiger partial charge < -0.3 is 9.64 Å². The molecule has 5 rings (SSSR count). The van der Waals surface area contributed by atoms with Crippen molar-refractivity contribution in [3.8, 4) is 27.7 Å². The van der Waals surface area contributed by atoms with E-state index in [1.807, 2.05) is 0 Å². The molecule has 0 aliphatic carbocycles. The fourth-order valence-corrected chi connectivity index (χ4v) is 6.00. The first-order chi connectivity index (χ1) is 17.7. The van der Waals surface area contributed by atoms with E-state index >= 15 is 0 Å². The van der Waals surface area contributed by atoms with Crippen LogP contribution < -0.4 is 9.64 Å². The zero-order chi connectivity index (χ0) is 26.3. The predicted octanol–water partition coefficient (Wildman–Crippen LogP) is 4.67. The molecule has 4 aromatic heterocycles. The Bertz CT molecular complexity index is 1380. The van der Waals surface area contributed by atoms with E-state index in [1.54, 1.807) is 18.5 Å². The fraction of sp³-hybridized carbons (Fsp3) is 0.500. The number of piperazine rings is 1. The van der Waals surface area contributed by atoms with Crippen molar-refractivity contribution in [1.29, 1.82) is 0 Å². The van der Waals surface area contributed by atoms with Crippen LogP contribution >= 0.6 is 11.3 Å². The number of hydrogen-bond acceptors (Lipinski definition) is 8. The minimum atomic E-state index is -4.44. The van der Waals surface area contributed by atoms with Crippen LogP contribution in [0.15, 0.2) is 24.8 Å². The molecule has 2 atom stereocenters. The van der Waals surface area contributed by atoms with E-state index in [4.69, 9.17) is 4.74 Å². The van der Waals surface area contributed by atoms with Crippen LogP contribution in [0.4, 0.5) is 18.2 Å². The third kappa shape index (κ3) is 5.01. The Hall–Kier alpha value is -3.19. The van der Waals surface area contributed by atoms with Crippen LogP contribution in [0.25, 0.3) is 27.6 Å². The highest BCUT2D eigenvalue weighted by atomic mass is 32.1. The number of nitrogens with one attached hydrogen (secondary N) is 1. The monoisotopic (exact) mass is 534 g/mol. The molecule has 37 heavy (non-hydrogen) atoms. The van der Waals surface area contributed by atoms with Crippen LogP contribution in [0, 0.1) is 0 Å². The molecule has 1 fully saturated rings. The second-order valence-corrected chi connectivity index (χ2v) is 10.4. The Kier molecular flexibility index (Phi) is 6.84. The molecular weight excluding hydrogens is 505 g/mol. The van der Waals surface area contributed by atoms with Gasteiger partial charge in [-0.3, -0.25) is 10.00 Å². The highest BCUT2D eigenvalue weighted by Gasteiger charge is 2.34. The molecule has 0 saturated carbocycles. The number of fused-ring (bicyclic) bond motifs is 1. The standard InChI is InChI=1S/C24H29F3N8OS/c1-5-6-33-10-15(3)34(11-14(33)2)19-9-28-23(37-19)21-17(8-24(25,26)27)20(31-32-21)16-7-18(36-4)22-29-13-30-35(22)12-16/h7,9,12-15H,5-6,8,10-11H2,1-4H3,(H,31,32)/t14-,15+/m0/s1. The van der Waals surface area contributed by atoms with Gasteiger partial charge in [0.2, 0.25) is 0 Å². The summed E-state index contributed by atoms with van der Waals surface area (Å²) in [6, 6.07) is 2.27. The molecular formula is C24H29F3N8OS. The maximum atomic E-state index is 13.7. The average molecular weight is 535 g/mol. The fourth-order valence-electron chi connectivity index (χ4n) is 4.95. The lowest BCUT2D eigenvalue weighted by atomic mass is 10.0. The molecule has 0 radical (unpaired) electrons. The number of nitrogens with zero attached hydrogens (tertiary/aromatic N) is 7. The second kappa shape index (κ2) is 9.93.